The van der Waals surface area contributed by atoms with Crippen LogP contribution in [-0.4, -0.2) is 49.4 Å². The first-order chi connectivity index (χ1) is 11.0. The predicted octanol–water partition coefficient (Wildman–Crippen LogP) is 0.309. The topological polar surface area (TPSA) is 53.9 Å². The SMILES string of the molecule is CC[C@@H](NC(=O)C[NH+]1CCN(C(C)=O)CC1)c1ccc(C)cc1. The van der Waals surface area contributed by atoms with Gasteiger partial charge in [0.2, 0.25) is 5.91 Å². The van der Waals surface area contributed by atoms with E-state index >= 15 is 0 Å². The normalized spacial score (nSPS) is 16.9. The van der Waals surface area contributed by atoms with Gasteiger partial charge in [0.25, 0.3) is 5.91 Å². The zero-order chi connectivity index (χ0) is 16.8. The highest BCUT2D eigenvalue weighted by Crippen LogP contribution is 2.16. The summed E-state index contributed by atoms with van der Waals surface area (Å²) in [5, 5.41) is 3.14. The third-order valence-electron chi connectivity index (χ3n) is 4.55. The number of hydrogen-bond acceptors (Lipinski definition) is 2. The lowest BCUT2D eigenvalue weighted by molar-refractivity contribution is -0.896. The lowest BCUT2D eigenvalue weighted by Gasteiger charge is -2.31. The van der Waals surface area contributed by atoms with Crippen LogP contribution in [0.15, 0.2) is 24.3 Å². The number of benzene rings is 1. The quantitative estimate of drug-likeness (QED) is 0.821. The maximum Gasteiger partial charge on any atom is 0.275 e. The molecule has 23 heavy (non-hydrogen) atoms. The van der Waals surface area contributed by atoms with Crippen molar-refractivity contribution in [1.82, 2.24) is 10.2 Å². The first-order valence-corrected chi connectivity index (χ1v) is 8.44. The van der Waals surface area contributed by atoms with Gasteiger partial charge in [-0.1, -0.05) is 36.8 Å². The molecule has 1 aromatic rings. The summed E-state index contributed by atoms with van der Waals surface area (Å²) in [5.41, 5.74) is 2.38. The van der Waals surface area contributed by atoms with Crippen LogP contribution in [0.2, 0.25) is 0 Å². The van der Waals surface area contributed by atoms with E-state index in [9.17, 15) is 9.59 Å². The minimum atomic E-state index is 0.0704. The van der Waals surface area contributed by atoms with Gasteiger partial charge in [0.1, 0.15) is 0 Å². The Morgan fingerprint density at radius 3 is 2.35 bits per heavy atom. The molecule has 0 aliphatic carbocycles. The fourth-order valence-electron chi connectivity index (χ4n) is 3.01. The summed E-state index contributed by atoms with van der Waals surface area (Å²) in [6, 6.07) is 8.40. The monoisotopic (exact) mass is 318 g/mol. The second-order valence-corrected chi connectivity index (χ2v) is 6.37. The molecule has 5 heteroatoms. The number of quaternary nitrogens is 1. The molecule has 1 saturated heterocycles. The third-order valence-corrected chi connectivity index (χ3v) is 4.55. The number of hydrogen-bond donors (Lipinski definition) is 2. The fourth-order valence-corrected chi connectivity index (χ4v) is 3.01. The van der Waals surface area contributed by atoms with Crippen molar-refractivity contribution in [3.8, 4) is 0 Å². The first-order valence-electron chi connectivity index (χ1n) is 8.44. The molecule has 2 N–H and O–H groups in total. The van der Waals surface area contributed by atoms with Crippen LogP contribution in [0, 0.1) is 6.92 Å². The second kappa shape index (κ2) is 8.11. The van der Waals surface area contributed by atoms with Crippen LogP contribution in [0.4, 0.5) is 0 Å². The van der Waals surface area contributed by atoms with E-state index < -0.39 is 0 Å². The molecule has 1 atom stereocenters. The van der Waals surface area contributed by atoms with Crippen LogP contribution < -0.4 is 10.2 Å². The molecule has 126 valence electrons. The van der Waals surface area contributed by atoms with E-state index in [1.807, 2.05) is 4.90 Å². The average molecular weight is 318 g/mol. The maximum atomic E-state index is 12.3. The smallest absolute Gasteiger partial charge is 0.275 e. The lowest BCUT2D eigenvalue weighted by atomic mass is 10.0. The van der Waals surface area contributed by atoms with Crippen molar-refractivity contribution in [3.05, 3.63) is 35.4 Å². The Kier molecular flexibility index (Phi) is 6.16. The molecule has 2 amide bonds. The summed E-state index contributed by atoms with van der Waals surface area (Å²) in [7, 11) is 0. The number of rotatable bonds is 5. The molecule has 1 fully saturated rings. The van der Waals surface area contributed by atoms with E-state index in [4.69, 9.17) is 0 Å². The highest BCUT2D eigenvalue weighted by atomic mass is 16.2. The van der Waals surface area contributed by atoms with Crippen LogP contribution in [0.25, 0.3) is 0 Å². The third kappa shape index (κ3) is 5.06. The molecule has 0 bridgehead atoms. The van der Waals surface area contributed by atoms with Crippen LogP contribution in [0.1, 0.15) is 37.4 Å². The number of amides is 2. The Hall–Kier alpha value is -1.88. The number of piperazine rings is 1. The van der Waals surface area contributed by atoms with E-state index in [-0.39, 0.29) is 17.9 Å². The van der Waals surface area contributed by atoms with Crippen molar-refractivity contribution in [2.75, 3.05) is 32.7 Å². The molecular weight excluding hydrogens is 290 g/mol. The van der Waals surface area contributed by atoms with Gasteiger partial charge in [0.05, 0.1) is 32.2 Å². The molecule has 0 radical (unpaired) electrons. The molecule has 0 aromatic heterocycles. The molecule has 1 aliphatic heterocycles. The Labute approximate surface area is 138 Å². The Bertz CT molecular complexity index is 534. The van der Waals surface area contributed by atoms with Crippen LogP contribution in [0.5, 0.6) is 0 Å². The van der Waals surface area contributed by atoms with E-state index in [0.717, 1.165) is 38.2 Å². The molecular formula is C18H28N3O2+. The standard InChI is InChI=1S/C18H27N3O2/c1-4-17(16-7-5-14(2)6-8-16)19-18(23)13-20-9-11-21(12-10-20)15(3)22/h5-8,17H,4,9-13H2,1-3H3,(H,19,23)/p+1/t17-/m1/s1. The summed E-state index contributed by atoms with van der Waals surface area (Å²) < 4.78 is 0. The van der Waals surface area contributed by atoms with Crippen LogP contribution in [0.3, 0.4) is 0 Å². The van der Waals surface area contributed by atoms with Gasteiger partial charge >= 0.3 is 0 Å². The molecule has 0 unspecified atom stereocenters. The van der Waals surface area contributed by atoms with Crippen LogP contribution in [-0.2, 0) is 9.59 Å². The van der Waals surface area contributed by atoms with Crippen molar-refractivity contribution >= 4 is 11.8 Å². The molecule has 0 saturated carbocycles. The van der Waals surface area contributed by atoms with Gasteiger partial charge in [0, 0.05) is 6.92 Å². The summed E-state index contributed by atoms with van der Waals surface area (Å²) >= 11 is 0. The van der Waals surface area contributed by atoms with Gasteiger partial charge in [-0.3, -0.25) is 9.59 Å². The van der Waals surface area contributed by atoms with Gasteiger partial charge in [-0.2, -0.15) is 0 Å². The first kappa shape index (κ1) is 17.5. The lowest BCUT2D eigenvalue weighted by Crippen LogP contribution is -3.15. The maximum absolute atomic E-state index is 12.3. The second-order valence-electron chi connectivity index (χ2n) is 6.37. The number of nitrogens with zero attached hydrogens (tertiary/aromatic N) is 1. The zero-order valence-corrected chi connectivity index (χ0v) is 14.4. The number of nitrogens with one attached hydrogen (secondary N) is 2. The highest BCUT2D eigenvalue weighted by Gasteiger charge is 2.24. The average Bonchev–Trinajstić information content (AvgIpc) is 2.54. The van der Waals surface area contributed by atoms with Crippen LogP contribution >= 0.6 is 0 Å². The minimum Gasteiger partial charge on any atom is -0.344 e. The summed E-state index contributed by atoms with van der Waals surface area (Å²) in [6.45, 7) is 9.40. The molecule has 5 nitrogen and oxygen atoms in total. The van der Waals surface area contributed by atoms with Gasteiger partial charge in [-0.25, -0.2) is 0 Å². The highest BCUT2D eigenvalue weighted by molar-refractivity contribution is 5.77. The van der Waals surface area contributed by atoms with Crippen molar-refractivity contribution in [1.29, 1.82) is 0 Å². The Balaban J connectivity index is 1.84. The van der Waals surface area contributed by atoms with Crippen molar-refractivity contribution in [2.24, 2.45) is 0 Å². The van der Waals surface area contributed by atoms with E-state index in [0.29, 0.717) is 6.54 Å². The predicted molar refractivity (Wildman–Crippen MR) is 90.2 cm³/mol. The zero-order valence-electron chi connectivity index (χ0n) is 14.4. The molecule has 1 aliphatic rings. The van der Waals surface area contributed by atoms with Gasteiger partial charge in [-0.15, -0.1) is 0 Å². The van der Waals surface area contributed by atoms with E-state index in [1.54, 1.807) is 6.92 Å². The van der Waals surface area contributed by atoms with Gasteiger partial charge in [-0.05, 0) is 18.9 Å². The fraction of sp³-hybridized carbons (Fsp3) is 0.556. The van der Waals surface area contributed by atoms with E-state index in [1.165, 1.54) is 10.5 Å². The number of carbonyl (C=O) groups excluding carboxylic acids is 2. The van der Waals surface area contributed by atoms with Crippen molar-refractivity contribution in [3.63, 3.8) is 0 Å². The van der Waals surface area contributed by atoms with E-state index in [2.05, 4.69) is 43.4 Å². The number of aryl methyl sites for hydroxylation is 1. The molecule has 1 aromatic carbocycles. The van der Waals surface area contributed by atoms with Crippen molar-refractivity contribution < 1.29 is 14.5 Å². The Morgan fingerprint density at radius 1 is 1.22 bits per heavy atom. The minimum absolute atomic E-state index is 0.0704. The molecule has 1 heterocycles. The Morgan fingerprint density at radius 2 is 1.83 bits per heavy atom. The van der Waals surface area contributed by atoms with Gasteiger partial charge in [0.15, 0.2) is 6.54 Å². The number of carbonyl (C=O) groups is 2. The summed E-state index contributed by atoms with van der Waals surface area (Å²) in [6.07, 6.45) is 0.877. The largest absolute Gasteiger partial charge is 0.344 e. The van der Waals surface area contributed by atoms with Crippen molar-refractivity contribution in [2.45, 2.75) is 33.2 Å². The molecule has 0 spiro atoms. The summed E-state index contributed by atoms with van der Waals surface area (Å²) in [5.74, 6) is 0.211. The van der Waals surface area contributed by atoms with Gasteiger partial charge < -0.3 is 15.1 Å². The summed E-state index contributed by atoms with van der Waals surface area (Å²) in [4.78, 5) is 26.8. The molecule has 2 rings (SSSR count).